The van der Waals surface area contributed by atoms with Crippen molar-refractivity contribution in [3.05, 3.63) is 94.9 Å². The van der Waals surface area contributed by atoms with Crippen LogP contribution in [0.3, 0.4) is 0 Å². The first kappa shape index (κ1) is 26.6. The monoisotopic (exact) mass is 539 g/mol. The molecule has 1 aliphatic carbocycles. The van der Waals surface area contributed by atoms with Gasteiger partial charge >= 0.3 is 5.97 Å². The molecule has 0 aliphatic heterocycles. The first-order valence-electron chi connectivity index (χ1n) is 13.5. The zero-order valence-electron chi connectivity index (χ0n) is 22.3. The van der Waals surface area contributed by atoms with E-state index in [1.54, 1.807) is 18.2 Å². The molecule has 1 heterocycles. The summed E-state index contributed by atoms with van der Waals surface area (Å²) in [6.45, 7) is 4.10. The van der Waals surface area contributed by atoms with E-state index in [4.69, 9.17) is 4.98 Å². The molecule has 4 aromatic rings. The van der Waals surface area contributed by atoms with Gasteiger partial charge in [0.1, 0.15) is 0 Å². The average Bonchev–Trinajstić information content (AvgIpc) is 3.43. The van der Waals surface area contributed by atoms with Crippen molar-refractivity contribution in [2.75, 3.05) is 10.2 Å². The molecule has 39 heavy (non-hydrogen) atoms. The summed E-state index contributed by atoms with van der Waals surface area (Å²) < 4.78 is 0. The van der Waals surface area contributed by atoms with Crippen molar-refractivity contribution in [3.8, 4) is 11.3 Å². The number of carbonyl (C=O) groups excluding carboxylic acids is 1. The number of benzene rings is 3. The van der Waals surface area contributed by atoms with Gasteiger partial charge in [-0.3, -0.25) is 4.79 Å². The van der Waals surface area contributed by atoms with E-state index < -0.39 is 5.97 Å². The minimum Gasteiger partial charge on any atom is -0.478 e. The van der Waals surface area contributed by atoms with Crippen LogP contribution >= 0.6 is 11.3 Å². The summed E-state index contributed by atoms with van der Waals surface area (Å²) in [4.78, 5) is 31.2. The van der Waals surface area contributed by atoms with Crippen LogP contribution in [0.25, 0.3) is 11.3 Å². The van der Waals surface area contributed by atoms with Crippen LogP contribution in [0, 0.1) is 0 Å². The first-order valence-corrected chi connectivity index (χ1v) is 14.4. The molecule has 0 unspecified atom stereocenters. The molecule has 0 atom stereocenters. The summed E-state index contributed by atoms with van der Waals surface area (Å²) in [6, 6.07) is 22.7. The molecule has 3 aromatic carbocycles. The summed E-state index contributed by atoms with van der Waals surface area (Å²) in [7, 11) is 0. The first-order chi connectivity index (χ1) is 18.9. The average molecular weight is 540 g/mol. The number of hydrogen-bond donors (Lipinski definition) is 2. The van der Waals surface area contributed by atoms with Gasteiger partial charge in [-0.15, -0.1) is 11.3 Å². The number of hydrogen-bond acceptors (Lipinski definition) is 5. The number of carboxylic acid groups (broad SMARTS) is 1. The highest BCUT2D eigenvalue weighted by Crippen LogP contribution is 2.35. The van der Waals surface area contributed by atoms with Gasteiger partial charge in [0.25, 0.3) is 5.91 Å². The van der Waals surface area contributed by atoms with E-state index in [0.29, 0.717) is 11.5 Å². The van der Waals surface area contributed by atoms with Crippen molar-refractivity contribution in [2.24, 2.45) is 0 Å². The van der Waals surface area contributed by atoms with Gasteiger partial charge in [0.2, 0.25) is 0 Å². The molecule has 1 aliphatic rings. The maximum atomic E-state index is 12.8. The fourth-order valence-electron chi connectivity index (χ4n) is 5.20. The predicted molar refractivity (Wildman–Crippen MR) is 158 cm³/mol. The lowest BCUT2D eigenvalue weighted by molar-refractivity contribution is 0.0696. The van der Waals surface area contributed by atoms with E-state index in [2.05, 4.69) is 31.3 Å². The number of anilines is 3. The van der Waals surface area contributed by atoms with Gasteiger partial charge in [-0.25, -0.2) is 9.78 Å². The summed E-state index contributed by atoms with van der Waals surface area (Å²) in [5.74, 6) is -0.453. The maximum Gasteiger partial charge on any atom is 0.335 e. The highest BCUT2D eigenvalue weighted by Gasteiger charge is 2.19. The Morgan fingerprint density at radius 1 is 0.949 bits per heavy atom. The molecular weight excluding hydrogens is 506 g/mol. The fraction of sp³-hybridized carbons (Fsp3) is 0.281. The Morgan fingerprint density at radius 2 is 1.67 bits per heavy atom. The van der Waals surface area contributed by atoms with Gasteiger partial charge < -0.3 is 15.3 Å². The molecule has 6 nitrogen and oxygen atoms in total. The van der Waals surface area contributed by atoms with Crippen LogP contribution in [0.2, 0.25) is 0 Å². The van der Waals surface area contributed by atoms with E-state index >= 15 is 0 Å². The normalized spacial score (nSPS) is 13.8. The molecule has 0 bridgehead atoms. The molecule has 2 N–H and O–H groups in total. The van der Waals surface area contributed by atoms with Crippen LogP contribution in [0.4, 0.5) is 16.5 Å². The number of aromatic carboxylic acids is 1. The van der Waals surface area contributed by atoms with Gasteiger partial charge in [0, 0.05) is 33.9 Å². The topological polar surface area (TPSA) is 82.5 Å². The Hall–Kier alpha value is -3.97. The zero-order valence-corrected chi connectivity index (χ0v) is 23.1. The number of carboxylic acids is 1. The number of rotatable bonds is 8. The minimum atomic E-state index is -0.955. The second-order valence-electron chi connectivity index (χ2n) is 10.3. The summed E-state index contributed by atoms with van der Waals surface area (Å²) >= 11 is 1.51. The lowest BCUT2D eigenvalue weighted by Crippen LogP contribution is -2.25. The molecule has 1 saturated carbocycles. The van der Waals surface area contributed by atoms with Crippen molar-refractivity contribution in [1.29, 1.82) is 0 Å². The number of nitrogens with one attached hydrogen (secondary N) is 1. The van der Waals surface area contributed by atoms with Crippen molar-refractivity contribution in [1.82, 2.24) is 4.98 Å². The van der Waals surface area contributed by atoms with Crippen LogP contribution in [0.15, 0.2) is 78.2 Å². The van der Waals surface area contributed by atoms with E-state index in [1.165, 1.54) is 49.0 Å². The third-order valence-corrected chi connectivity index (χ3v) is 8.11. The Morgan fingerprint density at radius 3 is 2.33 bits per heavy atom. The second kappa shape index (κ2) is 11.8. The van der Waals surface area contributed by atoms with Crippen molar-refractivity contribution in [3.63, 3.8) is 0 Å². The number of nitrogens with zero attached hydrogens (tertiary/aromatic N) is 2. The Balaban J connectivity index is 1.27. The number of carbonyl (C=O) groups is 2. The second-order valence-corrected chi connectivity index (χ2v) is 11.2. The molecule has 1 fully saturated rings. The lowest BCUT2D eigenvalue weighted by atomic mass is 9.84. The number of aromatic nitrogens is 1. The molecule has 200 valence electrons. The molecule has 1 aromatic heterocycles. The molecule has 0 saturated heterocycles. The quantitative estimate of drug-likeness (QED) is 0.235. The molecule has 5 rings (SSSR count). The van der Waals surface area contributed by atoms with E-state index in [0.717, 1.165) is 27.8 Å². The SMILES string of the molecule is CC(C)N(c1cccc(C(=O)O)c1)c1nc(-c2ccc(NC(=O)c3ccc(C4CCCCC4)cc3)cc2)cs1. The van der Waals surface area contributed by atoms with Crippen LogP contribution in [0.5, 0.6) is 0 Å². The maximum absolute atomic E-state index is 12.8. The Labute approximate surface area is 233 Å². The third kappa shape index (κ3) is 6.20. The van der Waals surface area contributed by atoms with Gasteiger partial charge in [-0.2, -0.15) is 0 Å². The van der Waals surface area contributed by atoms with Crippen LogP contribution in [-0.2, 0) is 0 Å². The van der Waals surface area contributed by atoms with E-state index in [9.17, 15) is 14.7 Å². The number of thiazole rings is 1. The summed E-state index contributed by atoms with van der Waals surface area (Å²) in [6.07, 6.45) is 6.40. The molecule has 1 amide bonds. The zero-order chi connectivity index (χ0) is 27.4. The van der Waals surface area contributed by atoms with Gasteiger partial charge in [0.05, 0.1) is 11.3 Å². The van der Waals surface area contributed by atoms with Crippen molar-refractivity contribution < 1.29 is 14.7 Å². The van der Waals surface area contributed by atoms with Crippen molar-refractivity contribution in [2.45, 2.75) is 57.9 Å². The van der Waals surface area contributed by atoms with Gasteiger partial charge in [-0.1, -0.05) is 49.6 Å². The standard InChI is InChI=1S/C32H33N3O3S/c1-21(2)35(28-10-6-9-26(19-28)31(37)38)32-34-29(20-39-32)24-15-17-27(18-16-24)33-30(36)25-13-11-23(12-14-25)22-7-4-3-5-8-22/h6,9-22H,3-5,7-8H2,1-2H3,(H,33,36)(H,37,38). The van der Waals surface area contributed by atoms with E-state index in [1.807, 2.05) is 52.7 Å². The molecule has 0 radical (unpaired) electrons. The van der Waals surface area contributed by atoms with Crippen LogP contribution < -0.4 is 10.2 Å². The third-order valence-electron chi connectivity index (χ3n) is 7.27. The van der Waals surface area contributed by atoms with E-state index in [-0.39, 0.29) is 17.5 Å². The smallest absolute Gasteiger partial charge is 0.335 e. The Kier molecular flexibility index (Phi) is 8.07. The predicted octanol–water partition coefficient (Wildman–Crippen LogP) is 8.35. The van der Waals surface area contributed by atoms with Crippen LogP contribution in [0.1, 0.15) is 78.1 Å². The summed E-state index contributed by atoms with van der Waals surface area (Å²) in [5, 5.41) is 15.2. The van der Waals surface area contributed by atoms with Crippen molar-refractivity contribution >= 4 is 39.7 Å². The highest BCUT2D eigenvalue weighted by atomic mass is 32.1. The highest BCUT2D eigenvalue weighted by molar-refractivity contribution is 7.14. The largest absolute Gasteiger partial charge is 0.478 e. The van der Waals surface area contributed by atoms with Gasteiger partial charge in [0.15, 0.2) is 5.13 Å². The molecule has 0 spiro atoms. The van der Waals surface area contributed by atoms with Gasteiger partial charge in [-0.05, 0) is 80.6 Å². The summed E-state index contributed by atoms with van der Waals surface area (Å²) in [5.41, 5.74) is 5.52. The Bertz CT molecular complexity index is 1440. The molecule has 7 heteroatoms. The fourth-order valence-corrected chi connectivity index (χ4v) is 6.18. The minimum absolute atomic E-state index is 0.0855. The lowest BCUT2D eigenvalue weighted by Gasteiger charge is -2.26. The molecular formula is C32H33N3O3S. The van der Waals surface area contributed by atoms with Crippen LogP contribution in [-0.4, -0.2) is 28.0 Å². The number of amides is 1.